The predicted molar refractivity (Wildman–Crippen MR) is 94.3 cm³/mol. The van der Waals surface area contributed by atoms with Gasteiger partial charge in [-0.2, -0.15) is 5.10 Å². The molecule has 25 heavy (non-hydrogen) atoms. The Hall–Kier alpha value is -2.34. The molecule has 1 aromatic heterocycles. The molecule has 0 saturated carbocycles. The highest BCUT2D eigenvalue weighted by atomic mass is 16.5. The molecule has 0 aliphatic carbocycles. The number of rotatable bonds is 7. The van der Waals surface area contributed by atoms with Crippen LogP contribution in [0.25, 0.3) is 0 Å². The monoisotopic (exact) mass is 346 g/mol. The maximum absolute atomic E-state index is 11.6. The Bertz CT molecular complexity index is 703. The van der Waals surface area contributed by atoms with Crippen LogP contribution >= 0.6 is 0 Å². The van der Waals surface area contributed by atoms with E-state index in [9.17, 15) is 9.90 Å². The lowest BCUT2D eigenvalue weighted by atomic mass is 10.1. The maximum Gasteiger partial charge on any atom is 0.335 e. The van der Waals surface area contributed by atoms with E-state index >= 15 is 0 Å². The largest absolute Gasteiger partial charge is 0.487 e. The fraction of sp³-hybridized carbons (Fsp3) is 0.474. The molecule has 6 heteroatoms. The van der Waals surface area contributed by atoms with Crippen LogP contribution in [0.2, 0.25) is 0 Å². The fourth-order valence-corrected chi connectivity index (χ4v) is 2.54. The van der Waals surface area contributed by atoms with Crippen LogP contribution in [0, 0.1) is 0 Å². The van der Waals surface area contributed by atoms with Gasteiger partial charge in [-0.15, -0.1) is 0 Å². The summed E-state index contributed by atoms with van der Waals surface area (Å²) in [4.78, 5) is 11.6. The van der Waals surface area contributed by atoms with Gasteiger partial charge in [0.1, 0.15) is 12.4 Å². The van der Waals surface area contributed by atoms with Crippen LogP contribution in [0.4, 0.5) is 0 Å². The lowest BCUT2D eigenvalue weighted by molar-refractivity contribution is -0.152. The molecular weight excluding hydrogens is 320 g/mol. The van der Waals surface area contributed by atoms with E-state index in [4.69, 9.17) is 9.47 Å². The Kier molecular flexibility index (Phi) is 6.20. The number of esters is 1. The van der Waals surface area contributed by atoms with Gasteiger partial charge in [-0.3, -0.25) is 4.68 Å². The quantitative estimate of drug-likeness (QED) is 0.780. The van der Waals surface area contributed by atoms with Gasteiger partial charge in [0.05, 0.1) is 17.8 Å². The van der Waals surface area contributed by atoms with E-state index in [0.29, 0.717) is 12.4 Å². The zero-order valence-corrected chi connectivity index (χ0v) is 15.2. The standard InChI is InChI=1S/C19H26N2O4/c1-5-24-18(23)16(22)12-14-8-6-7-9-17(14)25-13-15-10-11-20-21(15)19(2,3)4/h6-11,16,22H,5,12-13H2,1-4H3/t16-/m1/s1. The molecule has 1 atom stereocenters. The number of aliphatic hydroxyl groups excluding tert-OH is 1. The van der Waals surface area contributed by atoms with E-state index in [2.05, 4.69) is 25.9 Å². The van der Waals surface area contributed by atoms with E-state index in [1.165, 1.54) is 0 Å². The SMILES string of the molecule is CCOC(=O)[C@H](O)Cc1ccccc1OCc1ccnn1C(C)(C)C. The molecule has 0 saturated heterocycles. The van der Waals surface area contributed by atoms with Crippen molar-refractivity contribution < 1.29 is 19.4 Å². The normalized spacial score (nSPS) is 12.7. The number of benzene rings is 1. The molecule has 0 spiro atoms. The lowest BCUT2D eigenvalue weighted by Crippen LogP contribution is -2.26. The summed E-state index contributed by atoms with van der Waals surface area (Å²) >= 11 is 0. The number of hydrogen-bond donors (Lipinski definition) is 1. The number of carbonyl (C=O) groups excluding carboxylic acids is 1. The van der Waals surface area contributed by atoms with E-state index in [0.717, 1.165) is 11.3 Å². The van der Waals surface area contributed by atoms with Crippen molar-refractivity contribution in [3.8, 4) is 5.75 Å². The highest BCUT2D eigenvalue weighted by molar-refractivity contribution is 5.74. The van der Waals surface area contributed by atoms with Crippen LogP contribution in [0.15, 0.2) is 36.5 Å². The molecule has 0 fully saturated rings. The van der Waals surface area contributed by atoms with Crippen molar-refractivity contribution in [2.75, 3.05) is 6.61 Å². The van der Waals surface area contributed by atoms with Gasteiger partial charge < -0.3 is 14.6 Å². The van der Waals surface area contributed by atoms with Gasteiger partial charge in [0.25, 0.3) is 0 Å². The summed E-state index contributed by atoms with van der Waals surface area (Å²) < 4.78 is 12.7. The molecule has 6 nitrogen and oxygen atoms in total. The smallest absolute Gasteiger partial charge is 0.335 e. The summed E-state index contributed by atoms with van der Waals surface area (Å²) in [6.45, 7) is 8.53. The van der Waals surface area contributed by atoms with Gasteiger partial charge in [-0.1, -0.05) is 18.2 Å². The second-order valence-corrected chi connectivity index (χ2v) is 6.77. The van der Waals surface area contributed by atoms with E-state index < -0.39 is 12.1 Å². The summed E-state index contributed by atoms with van der Waals surface area (Å²) in [5.74, 6) is 0.00983. The van der Waals surface area contributed by atoms with E-state index in [-0.39, 0.29) is 18.6 Å². The Morgan fingerprint density at radius 3 is 2.68 bits per heavy atom. The van der Waals surface area contributed by atoms with Crippen molar-refractivity contribution in [1.29, 1.82) is 0 Å². The maximum atomic E-state index is 11.6. The van der Waals surface area contributed by atoms with Crippen molar-refractivity contribution in [3.05, 3.63) is 47.8 Å². The molecule has 136 valence electrons. The van der Waals surface area contributed by atoms with Gasteiger partial charge in [-0.25, -0.2) is 4.79 Å². The molecule has 0 aliphatic rings. The molecule has 2 aromatic rings. The average molecular weight is 346 g/mol. The number of nitrogens with zero attached hydrogens (tertiary/aromatic N) is 2. The van der Waals surface area contributed by atoms with Gasteiger partial charge in [-0.05, 0) is 45.4 Å². The summed E-state index contributed by atoms with van der Waals surface area (Å²) in [5, 5.41) is 14.3. The molecule has 1 heterocycles. The Morgan fingerprint density at radius 1 is 1.28 bits per heavy atom. The van der Waals surface area contributed by atoms with Gasteiger partial charge in [0, 0.05) is 12.6 Å². The Morgan fingerprint density at radius 2 is 2.00 bits per heavy atom. The summed E-state index contributed by atoms with van der Waals surface area (Å²) in [6.07, 6.45) is 0.693. The number of carbonyl (C=O) groups is 1. The van der Waals surface area contributed by atoms with Crippen LogP contribution < -0.4 is 4.74 Å². The molecule has 0 unspecified atom stereocenters. The first-order chi connectivity index (χ1) is 11.8. The first kappa shape index (κ1) is 19.0. The first-order valence-corrected chi connectivity index (χ1v) is 8.41. The van der Waals surface area contributed by atoms with Crippen LogP contribution in [-0.4, -0.2) is 33.6 Å². The first-order valence-electron chi connectivity index (χ1n) is 8.41. The number of aromatic nitrogens is 2. The number of para-hydroxylation sites is 1. The summed E-state index contributed by atoms with van der Waals surface area (Å²) in [7, 11) is 0. The summed E-state index contributed by atoms with van der Waals surface area (Å²) in [5.41, 5.74) is 1.57. The zero-order valence-electron chi connectivity index (χ0n) is 15.2. The van der Waals surface area contributed by atoms with Crippen LogP contribution in [-0.2, 0) is 28.1 Å². The molecule has 1 aromatic carbocycles. The molecule has 2 rings (SSSR count). The fourth-order valence-electron chi connectivity index (χ4n) is 2.54. The van der Waals surface area contributed by atoms with E-state index in [1.807, 2.05) is 35.0 Å². The van der Waals surface area contributed by atoms with Crippen molar-refractivity contribution in [3.63, 3.8) is 0 Å². The van der Waals surface area contributed by atoms with Crippen molar-refractivity contribution in [1.82, 2.24) is 9.78 Å². The molecule has 0 bridgehead atoms. The second kappa shape index (κ2) is 8.16. The number of hydrogen-bond acceptors (Lipinski definition) is 5. The van der Waals surface area contributed by atoms with Gasteiger partial charge in [0.2, 0.25) is 0 Å². The predicted octanol–water partition coefficient (Wildman–Crippen LogP) is 2.68. The lowest BCUT2D eigenvalue weighted by Gasteiger charge is -2.22. The molecule has 1 N–H and O–H groups in total. The molecule has 0 amide bonds. The third kappa shape index (κ3) is 5.06. The topological polar surface area (TPSA) is 73.6 Å². The van der Waals surface area contributed by atoms with E-state index in [1.54, 1.807) is 13.1 Å². The zero-order chi connectivity index (χ0) is 18.4. The third-order valence-corrected chi connectivity index (χ3v) is 3.68. The highest BCUT2D eigenvalue weighted by Gasteiger charge is 2.20. The number of ether oxygens (including phenoxy) is 2. The average Bonchev–Trinajstić information content (AvgIpc) is 3.03. The van der Waals surface area contributed by atoms with Crippen molar-refractivity contribution in [2.45, 2.75) is 52.4 Å². The Balaban J connectivity index is 2.09. The van der Waals surface area contributed by atoms with Crippen LogP contribution in [0.1, 0.15) is 39.0 Å². The van der Waals surface area contributed by atoms with Crippen LogP contribution in [0.5, 0.6) is 5.75 Å². The number of aliphatic hydroxyl groups is 1. The second-order valence-electron chi connectivity index (χ2n) is 6.77. The van der Waals surface area contributed by atoms with Crippen molar-refractivity contribution in [2.24, 2.45) is 0 Å². The van der Waals surface area contributed by atoms with Gasteiger partial charge in [0.15, 0.2) is 6.10 Å². The molecule has 0 aliphatic heterocycles. The highest BCUT2D eigenvalue weighted by Crippen LogP contribution is 2.22. The molecular formula is C19H26N2O4. The van der Waals surface area contributed by atoms with Crippen molar-refractivity contribution >= 4 is 5.97 Å². The van der Waals surface area contributed by atoms with Gasteiger partial charge >= 0.3 is 5.97 Å². The van der Waals surface area contributed by atoms with Crippen LogP contribution in [0.3, 0.4) is 0 Å². The Labute approximate surface area is 148 Å². The minimum Gasteiger partial charge on any atom is -0.487 e. The minimum atomic E-state index is -1.20. The summed E-state index contributed by atoms with van der Waals surface area (Å²) in [6, 6.07) is 9.28. The third-order valence-electron chi connectivity index (χ3n) is 3.68. The molecule has 0 radical (unpaired) electrons. The minimum absolute atomic E-state index is 0.137.